The van der Waals surface area contributed by atoms with E-state index in [2.05, 4.69) is 15.4 Å². The van der Waals surface area contributed by atoms with Crippen molar-refractivity contribution in [2.45, 2.75) is 19.8 Å². The summed E-state index contributed by atoms with van der Waals surface area (Å²) < 4.78 is 6.67. The van der Waals surface area contributed by atoms with Crippen LogP contribution in [-0.4, -0.2) is 39.0 Å². The normalized spacial score (nSPS) is 10.4. The molecule has 0 aliphatic heterocycles. The molecule has 0 fully saturated rings. The molecule has 0 saturated carbocycles. The van der Waals surface area contributed by atoms with Gasteiger partial charge in [0.1, 0.15) is 12.7 Å². The molecule has 29 heavy (non-hydrogen) atoms. The highest BCUT2D eigenvalue weighted by molar-refractivity contribution is 6.00. The van der Waals surface area contributed by atoms with Crippen molar-refractivity contribution in [2.24, 2.45) is 0 Å². The Bertz CT molecular complexity index is 981. The molecule has 0 unspecified atom stereocenters. The number of carbonyl (C=O) groups is 3. The largest absolute Gasteiger partial charge is 0.454 e. The fourth-order valence-corrected chi connectivity index (χ4v) is 2.58. The van der Waals surface area contributed by atoms with E-state index in [0.717, 1.165) is 12.1 Å². The third kappa shape index (κ3) is 5.35. The number of anilines is 1. The minimum absolute atomic E-state index is 0.0738. The summed E-state index contributed by atoms with van der Waals surface area (Å²) in [5.74, 6) is -0.994. The highest BCUT2D eigenvalue weighted by Gasteiger charge is 2.12. The molecule has 3 aromatic rings. The third-order valence-corrected chi connectivity index (χ3v) is 4.09. The lowest BCUT2D eigenvalue weighted by Gasteiger charge is -2.07. The number of Topliss-reactive ketones (excluding diaryl/α,β-unsaturated/α-hetero) is 1. The summed E-state index contributed by atoms with van der Waals surface area (Å²) in [5.41, 5.74) is 2.09. The Balaban J connectivity index is 1.53. The first-order valence-electron chi connectivity index (χ1n) is 9.12. The molecule has 0 atom stereocenters. The fourth-order valence-electron chi connectivity index (χ4n) is 2.58. The molecule has 1 heterocycles. The van der Waals surface area contributed by atoms with Crippen LogP contribution in [0.3, 0.4) is 0 Å². The van der Waals surface area contributed by atoms with Crippen molar-refractivity contribution in [3.05, 3.63) is 72.3 Å². The van der Waals surface area contributed by atoms with E-state index < -0.39 is 5.97 Å². The van der Waals surface area contributed by atoms with E-state index in [9.17, 15) is 14.4 Å². The van der Waals surface area contributed by atoms with Gasteiger partial charge in [0.15, 0.2) is 12.4 Å². The summed E-state index contributed by atoms with van der Waals surface area (Å²) in [6, 6.07) is 13.1. The van der Waals surface area contributed by atoms with E-state index >= 15 is 0 Å². The van der Waals surface area contributed by atoms with Crippen LogP contribution in [-0.2, 0) is 9.53 Å². The molecule has 1 amide bonds. The van der Waals surface area contributed by atoms with E-state index in [0.29, 0.717) is 23.2 Å². The molecule has 1 N–H and O–H groups in total. The number of amides is 1. The smallest absolute Gasteiger partial charge is 0.338 e. The number of carbonyl (C=O) groups excluding carboxylic acids is 3. The minimum atomic E-state index is -0.591. The van der Waals surface area contributed by atoms with Crippen molar-refractivity contribution >= 4 is 23.3 Å². The second-order valence-corrected chi connectivity index (χ2v) is 6.26. The Labute approximate surface area is 167 Å². The first-order valence-corrected chi connectivity index (χ1v) is 9.12. The SMILES string of the molecule is CCCC(=O)Nc1ccc(C(=O)COC(=O)c2ccc(-n3cncn3)cc2)cc1. The molecule has 0 spiro atoms. The molecule has 8 nitrogen and oxygen atoms in total. The van der Waals surface area contributed by atoms with Gasteiger partial charge in [0.05, 0.1) is 11.3 Å². The van der Waals surface area contributed by atoms with Gasteiger partial charge in [-0.25, -0.2) is 14.5 Å². The second kappa shape index (κ2) is 9.41. The maximum absolute atomic E-state index is 12.2. The van der Waals surface area contributed by atoms with E-state index in [1.165, 1.54) is 6.33 Å². The molecule has 2 aromatic carbocycles. The molecule has 8 heteroatoms. The van der Waals surface area contributed by atoms with Crippen LogP contribution in [0.1, 0.15) is 40.5 Å². The topological polar surface area (TPSA) is 103 Å². The zero-order chi connectivity index (χ0) is 20.6. The van der Waals surface area contributed by atoms with Crippen LogP contribution in [0.5, 0.6) is 0 Å². The van der Waals surface area contributed by atoms with Crippen molar-refractivity contribution in [3.8, 4) is 5.69 Å². The number of esters is 1. The Morgan fingerprint density at radius 2 is 1.69 bits per heavy atom. The first kappa shape index (κ1) is 19.9. The van der Waals surface area contributed by atoms with Gasteiger partial charge in [0, 0.05) is 17.7 Å². The van der Waals surface area contributed by atoms with E-state index in [4.69, 9.17) is 4.74 Å². The molecule has 0 aliphatic rings. The predicted molar refractivity (Wildman–Crippen MR) is 106 cm³/mol. The van der Waals surface area contributed by atoms with Crippen LogP contribution in [0.15, 0.2) is 61.2 Å². The standard InChI is InChI=1S/C21H20N4O4/c1-2-3-20(27)24-17-8-4-15(5-9-17)19(26)12-29-21(28)16-6-10-18(11-7-16)25-14-22-13-23-25/h4-11,13-14H,2-3,12H2,1H3,(H,24,27). The van der Waals surface area contributed by atoms with Crippen LogP contribution in [0, 0.1) is 0 Å². The van der Waals surface area contributed by atoms with Crippen LogP contribution in [0.25, 0.3) is 5.69 Å². The van der Waals surface area contributed by atoms with Crippen molar-refractivity contribution in [3.63, 3.8) is 0 Å². The number of aromatic nitrogens is 3. The highest BCUT2D eigenvalue weighted by atomic mass is 16.5. The Morgan fingerprint density at radius 3 is 2.31 bits per heavy atom. The maximum Gasteiger partial charge on any atom is 0.338 e. The number of benzene rings is 2. The number of ketones is 1. The number of nitrogens with zero attached hydrogens (tertiary/aromatic N) is 3. The zero-order valence-corrected chi connectivity index (χ0v) is 15.9. The van der Waals surface area contributed by atoms with Crippen LogP contribution >= 0.6 is 0 Å². The van der Waals surface area contributed by atoms with Gasteiger partial charge in [0.2, 0.25) is 5.91 Å². The van der Waals surface area contributed by atoms with Gasteiger partial charge in [0.25, 0.3) is 0 Å². The monoisotopic (exact) mass is 392 g/mol. The molecule has 3 rings (SSSR count). The highest BCUT2D eigenvalue weighted by Crippen LogP contribution is 2.12. The predicted octanol–water partition coefficient (Wildman–Crippen LogP) is 3.05. The van der Waals surface area contributed by atoms with Crippen molar-refractivity contribution < 1.29 is 19.1 Å². The summed E-state index contributed by atoms with van der Waals surface area (Å²) in [6.07, 6.45) is 4.17. The molecule has 0 bridgehead atoms. The molecule has 0 radical (unpaired) electrons. The molecular weight excluding hydrogens is 372 g/mol. The average Bonchev–Trinajstić information content (AvgIpc) is 3.27. The van der Waals surface area contributed by atoms with Gasteiger partial charge in [-0.3, -0.25) is 9.59 Å². The Kier molecular flexibility index (Phi) is 6.47. The maximum atomic E-state index is 12.2. The van der Waals surface area contributed by atoms with Crippen molar-refractivity contribution in [2.75, 3.05) is 11.9 Å². The molecule has 1 aromatic heterocycles. The van der Waals surface area contributed by atoms with Gasteiger partial charge in [-0.1, -0.05) is 6.92 Å². The molecular formula is C21H20N4O4. The number of ether oxygens (including phenoxy) is 1. The first-order chi connectivity index (χ1) is 14.1. The summed E-state index contributed by atoms with van der Waals surface area (Å²) in [6.45, 7) is 1.55. The fraction of sp³-hybridized carbons (Fsp3) is 0.190. The van der Waals surface area contributed by atoms with Gasteiger partial charge >= 0.3 is 5.97 Å². The molecule has 148 valence electrons. The zero-order valence-electron chi connectivity index (χ0n) is 15.9. The second-order valence-electron chi connectivity index (χ2n) is 6.26. The van der Waals surface area contributed by atoms with Crippen LogP contribution in [0.2, 0.25) is 0 Å². The van der Waals surface area contributed by atoms with Crippen LogP contribution < -0.4 is 5.32 Å². The van der Waals surface area contributed by atoms with Gasteiger partial charge in [-0.05, 0) is 55.0 Å². The Hall–Kier alpha value is -3.81. The quantitative estimate of drug-likeness (QED) is 0.467. The van der Waals surface area contributed by atoms with E-state index in [1.54, 1.807) is 59.5 Å². The lowest BCUT2D eigenvalue weighted by Crippen LogP contribution is -2.15. The van der Waals surface area contributed by atoms with E-state index in [1.807, 2.05) is 6.92 Å². The van der Waals surface area contributed by atoms with Gasteiger partial charge in [-0.15, -0.1) is 0 Å². The van der Waals surface area contributed by atoms with Crippen molar-refractivity contribution in [1.82, 2.24) is 14.8 Å². The number of hydrogen-bond donors (Lipinski definition) is 1. The summed E-state index contributed by atoms with van der Waals surface area (Å²) >= 11 is 0. The molecule has 0 aliphatic carbocycles. The molecule has 0 saturated heterocycles. The minimum Gasteiger partial charge on any atom is -0.454 e. The lowest BCUT2D eigenvalue weighted by atomic mass is 10.1. The van der Waals surface area contributed by atoms with Gasteiger partial charge in [-0.2, -0.15) is 5.10 Å². The van der Waals surface area contributed by atoms with Crippen molar-refractivity contribution in [1.29, 1.82) is 0 Å². The summed E-state index contributed by atoms with van der Waals surface area (Å²) in [7, 11) is 0. The average molecular weight is 392 g/mol. The van der Waals surface area contributed by atoms with Crippen LogP contribution in [0.4, 0.5) is 5.69 Å². The van der Waals surface area contributed by atoms with E-state index in [-0.39, 0.29) is 18.3 Å². The number of hydrogen-bond acceptors (Lipinski definition) is 6. The number of nitrogens with one attached hydrogen (secondary N) is 1. The Morgan fingerprint density at radius 1 is 1.00 bits per heavy atom. The number of rotatable bonds is 8. The summed E-state index contributed by atoms with van der Waals surface area (Å²) in [4.78, 5) is 39.9. The van der Waals surface area contributed by atoms with Gasteiger partial charge < -0.3 is 10.1 Å². The third-order valence-electron chi connectivity index (χ3n) is 4.09. The lowest BCUT2D eigenvalue weighted by molar-refractivity contribution is -0.116. The summed E-state index contributed by atoms with van der Waals surface area (Å²) in [5, 5.41) is 6.76.